The summed E-state index contributed by atoms with van der Waals surface area (Å²) < 4.78 is 5.16. The minimum Gasteiger partial charge on any atom is -0.481 e. The number of rotatable bonds is 12. The fraction of sp³-hybridized carbons (Fsp3) is 0.857. The number of hydrogen-bond acceptors (Lipinski definition) is 3. The van der Waals surface area contributed by atoms with Gasteiger partial charge in [-0.15, -0.1) is 0 Å². The normalized spacial score (nSPS) is 12.1. The maximum Gasteiger partial charge on any atom is 0.303 e. The van der Waals surface area contributed by atoms with E-state index in [1.54, 1.807) is 0 Å². The Balaban J connectivity index is 3.57. The van der Waals surface area contributed by atoms with Crippen molar-refractivity contribution in [3.05, 3.63) is 0 Å². The van der Waals surface area contributed by atoms with E-state index >= 15 is 0 Å². The van der Waals surface area contributed by atoms with E-state index in [1.165, 1.54) is 0 Å². The lowest BCUT2D eigenvalue weighted by Gasteiger charge is -2.14. The average Bonchev–Trinajstić information content (AvgIpc) is 2.38. The predicted molar refractivity (Wildman–Crippen MR) is 74.0 cm³/mol. The second-order valence-corrected chi connectivity index (χ2v) is 4.65. The van der Waals surface area contributed by atoms with E-state index in [4.69, 9.17) is 9.84 Å². The summed E-state index contributed by atoms with van der Waals surface area (Å²) in [5, 5.41) is 11.5. The number of nitrogens with one attached hydrogen (secondary N) is 1. The van der Waals surface area contributed by atoms with E-state index in [2.05, 4.69) is 12.2 Å². The molecule has 19 heavy (non-hydrogen) atoms. The zero-order valence-electron chi connectivity index (χ0n) is 12.1. The van der Waals surface area contributed by atoms with Gasteiger partial charge in [-0.1, -0.05) is 13.3 Å². The molecule has 0 aromatic rings. The third kappa shape index (κ3) is 11.7. The highest BCUT2D eigenvalue weighted by molar-refractivity contribution is 5.75. The molecular weight excluding hydrogens is 246 g/mol. The van der Waals surface area contributed by atoms with Gasteiger partial charge >= 0.3 is 5.97 Å². The first-order valence-corrected chi connectivity index (χ1v) is 7.16. The number of aliphatic carboxylic acids is 1. The molecule has 0 bridgehead atoms. The van der Waals surface area contributed by atoms with E-state index in [9.17, 15) is 9.59 Å². The standard InChI is InChI=1S/C14H27NO4/c1-3-12(7-8-14(17)18)9-10-15-13(16)6-5-11-19-4-2/h12H,3-11H2,1-2H3,(H,15,16)(H,17,18). The van der Waals surface area contributed by atoms with Crippen LogP contribution >= 0.6 is 0 Å². The third-order valence-electron chi connectivity index (χ3n) is 3.12. The lowest BCUT2D eigenvalue weighted by Crippen LogP contribution is -2.26. The molecule has 0 saturated carbocycles. The number of carbonyl (C=O) groups is 2. The van der Waals surface area contributed by atoms with Crippen molar-refractivity contribution in [3.8, 4) is 0 Å². The highest BCUT2D eigenvalue weighted by Crippen LogP contribution is 2.14. The van der Waals surface area contributed by atoms with Gasteiger partial charge < -0.3 is 15.2 Å². The van der Waals surface area contributed by atoms with Crippen molar-refractivity contribution in [3.63, 3.8) is 0 Å². The van der Waals surface area contributed by atoms with E-state index in [1.807, 2.05) is 6.92 Å². The summed E-state index contributed by atoms with van der Waals surface area (Å²) in [6.07, 6.45) is 3.93. The van der Waals surface area contributed by atoms with Gasteiger partial charge in [0.15, 0.2) is 0 Å². The number of hydrogen-bond donors (Lipinski definition) is 2. The van der Waals surface area contributed by atoms with Gasteiger partial charge in [0.1, 0.15) is 0 Å². The first-order valence-electron chi connectivity index (χ1n) is 7.16. The van der Waals surface area contributed by atoms with Gasteiger partial charge in [-0.2, -0.15) is 0 Å². The van der Waals surface area contributed by atoms with Gasteiger partial charge in [-0.05, 0) is 32.1 Å². The third-order valence-corrected chi connectivity index (χ3v) is 3.12. The first kappa shape index (κ1) is 17.9. The van der Waals surface area contributed by atoms with Crippen molar-refractivity contribution >= 4 is 11.9 Å². The topological polar surface area (TPSA) is 75.6 Å². The van der Waals surface area contributed by atoms with Crippen molar-refractivity contribution in [2.75, 3.05) is 19.8 Å². The molecule has 1 unspecified atom stereocenters. The van der Waals surface area contributed by atoms with Gasteiger partial charge in [0.25, 0.3) is 0 Å². The molecule has 0 spiro atoms. The van der Waals surface area contributed by atoms with Crippen molar-refractivity contribution in [2.24, 2.45) is 5.92 Å². The molecule has 112 valence electrons. The molecule has 5 nitrogen and oxygen atoms in total. The van der Waals surface area contributed by atoms with Crippen molar-refractivity contribution in [1.82, 2.24) is 5.32 Å². The number of ether oxygens (including phenoxy) is 1. The largest absolute Gasteiger partial charge is 0.481 e. The molecule has 0 heterocycles. The van der Waals surface area contributed by atoms with Gasteiger partial charge in [0.2, 0.25) is 5.91 Å². The molecule has 0 aliphatic carbocycles. The Bertz CT molecular complexity index is 256. The Morgan fingerprint density at radius 1 is 1.21 bits per heavy atom. The number of carbonyl (C=O) groups excluding carboxylic acids is 1. The molecule has 1 atom stereocenters. The van der Waals surface area contributed by atoms with Crippen molar-refractivity contribution in [1.29, 1.82) is 0 Å². The van der Waals surface area contributed by atoms with Crippen LogP contribution < -0.4 is 5.32 Å². The molecule has 0 saturated heterocycles. The molecule has 5 heteroatoms. The van der Waals surface area contributed by atoms with Crippen LogP contribution in [0.25, 0.3) is 0 Å². The van der Waals surface area contributed by atoms with E-state index in [0.717, 1.165) is 19.3 Å². The number of carboxylic acids is 1. The highest BCUT2D eigenvalue weighted by Gasteiger charge is 2.09. The maximum absolute atomic E-state index is 11.5. The summed E-state index contributed by atoms with van der Waals surface area (Å²) in [6, 6.07) is 0. The minimum absolute atomic E-state index is 0.0489. The van der Waals surface area contributed by atoms with Crippen molar-refractivity contribution in [2.45, 2.75) is 52.4 Å². The summed E-state index contributed by atoms with van der Waals surface area (Å²) >= 11 is 0. The molecule has 0 radical (unpaired) electrons. The molecular formula is C14H27NO4. The predicted octanol–water partition coefficient (Wildman–Crippen LogP) is 2.20. The molecule has 0 fully saturated rings. The second-order valence-electron chi connectivity index (χ2n) is 4.65. The zero-order valence-corrected chi connectivity index (χ0v) is 12.1. The Morgan fingerprint density at radius 3 is 2.53 bits per heavy atom. The zero-order chi connectivity index (χ0) is 14.5. The van der Waals surface area contributed by atoms with Crippen LogP contribution in [0.15, 0.2) is 0 Å². The lowest BCUT2D eigenvalue weighted by atomic mass is 9.96. The Labute approximate surface area is 115 Å². The monoisotopic (exact) mass is 273 g/mol. The first-order chi connectivity index (χ1) is 9.10. The van der Waals surface area contributed by atoms with Crippen LogP contribution in [0, 0.1) is 5.92 Å². The summed E-state index contributed by atoms with van der Waals surface area (Å²) in [4.78, 5) is 22.0. The average molecular weight is 273 g/mol. The SMILES string of the molecule is CCOCCCC(=O)NCCC(CC)CCC(=O)O. The Hall–Kier alpha value is -1.10. The van der Waals surface area contributed by atoms with Gasteiger partial charge in [0, 0.05) is 32.6 Å². The van der Waals surface area contributed by atoms with E-state index in [0.29, 0.717) is 38.5 Å². The summed E-state index contributed by atoms with van der Waals surface area (Å²) in [6.45, 7) is 5.92. The lowest BCUT2D eigenvalue weighted by molar-refractivity contribution is -0.137. The number of amides is 1. The smallest absolute Gasteiger partial charge is 0.303 e. The molecule has 0 aromatic carbocycles. The van der Waals surface area contributed by atoms with Crippen LogP contribution in [0.1, 0.15) is 52.4 Å². The van der Waals surface area contributed by atoms with E-state index in [-0.39, 0.29) is 12.3 Å². The quantitative estimate of drug-likeness (QED) is 0.534. The van der Waals surface area contributed by atoms with Crippen LogP contribution in [0.4, 0.5) is 0 Å². The molecule has 0 aliphatic heterocycles. The Kier molecular flexibility index (Phi) is 11.3. The van der Waals surface area contributed by atoms with E-state index < -0.39 is 5.97 Å². The Morgan fingerprint density at radius 2 is 1.95 bits per heavy atom. The summed E-state index contributed by atoms with van der Waals surface area (Å²) in [5.74, 6) is -0.328. The number of carboxylic acid groups (broad SMARTS) is 1. The highest BCUT2D eigenvalue weighted by atomic mass is 16.5. The minimum atomic E-state index is -0.751. The van der Waals surface area contributed by atoms with Crippen LogP contribution in [0.5, 0.6) is 0 Å². The van der Waals surface area contributed by atoms with Crippen LogP contribution in [-0.4, -0.2) is 36.7 Å². The maximum atomic E-state index is 11.5. The van der Waals surface area contributed by atoms with Crippen LogP contribution in [-0.2, 0) is 14.3 Å². The molecule has 0 aromatic heterocycles. The fourth-order valence-electron chi connectivity index (χ4n) is 1.86. The van der Waals surface area contributed by atoms with Crippen molar-refractivity contribution < 1.29 is 19.4 Å². The molecule has 0 rings (SSSR count). The summed E-state index contributed by atoms with van der Waals surface area (Å²) in [7, 11) is 0. The second kappa shape index (κ2) is 12.0. The van der Waals surface area contributed by atoms with Gasteiger partial charge in [0.05, 0.1) is 0 Å². The molecule has 0 aliphatic rings. The fourth-order valence-corrected chi connectivity index (χ4v) is 1.86. The molecule has 1 amide bonds. The van der Waals surface area contributed by atoms with Crippen LogP contribution in [0.3, 0.4) is 0 Å². The summed E-state index contributed by atoms with van der Waals surface area (Å²) in [5.41, 5.74) is 0. The van der Waals surface area contributed by atoms with Gasteiger partial charge in [-0.25, -0.2) is 0 Å². The van der Waals surface area contributed by atoms with Crippen LogP contribution in [0.2, 0.25) is 0 Å². The van der Waals surface area contributed by atoms with Gasteiger partial charge in [-0.3, -0.25) is 9.59 Å². The molecule has 2 N–H and O–H groups in total.